The minimum absolute atomic E-state index is 0.0756. The first kappa shape index (κ1) is 29.3. The zero-order valence-corrected chi connectivity index (χ0v) is 21.5. The first-order valence-electron chi connectivity index (χ1n) is 12.2. The van der Waals surface area contributed by atoms with Gasteiger partial charge < -0.3 is 17.8 Å². The Labute approximate surface area is 188 Å². The highest BCUT2D eigenvalue weighted by molar-refractivity contribution is 6.60. The van der Waals surface area contributed by atoms with Crippen molar-refractivity contribution in [2.45, 2.75) is 110 Å². The van der Waals surface area contributed by atoms with Crippen molar-refractivity contribution in [1.29, 1.82) is 0 Å². The summed E-state index contributed by atoms with van der Waals surface area (Å²) in [5.74, 6) is 0.0756. The number of unbranched alkanes of at least 4 members (excludes halogenated alkanes) is 11. The van der Waals surface area contributed by atoms with Gasteiger partial charge in [0, 0.05) is 34.3 Å². The Balaban J connectivity index is 3.84. The maximum atomic E-state index is 12.7. The lowest BCUT2D eigenvalue weighted by molar-refractivity contribution is -0.131. The number of allylic oxidation sites excluding steroid dienone is 2. The summed E-state index contributed by atoms with van der Waals surface area (Å²) in [6.07, 6.45) is 22.4. The van der Waals surface area contributed by atoms with Gasteiger partial charge >= 0.3 is 8.97 Å². The molecule has 0 aromatic carbocycles. The van der Waals surface area contributed by atoms with E-state index in [2.05, 4.69) is 19.1 Å². The van der Waals surface area contributed by atoms with Gasteiger partial charge in [0.15, 0.2) is 0 Å². The molecule has 0 bridgehead atoms. The summed E-state index contributed by atoms with van der Waals surface area (Å²) in [5, 5.41) is 0. The van der Waals surface area contributed by atoms with Gasteiger partial charge in [-0.2, -0.15) is 0 Å². The van der Waals surface area contributed by atoms with Crippen LogP contribution in [0.5, 0.6) is 0 Å². The number of carbonyl (C=O) groups excluding carboxylic acids is 1. The molecule has 0 spiro atoms. The van der Waals surface area contributed by atoms with Crippen molar-refractivity contribution in [3.8, 4) is 0 Å². The van der Waals surface area contributed by atoms with Crippen LogP contribution < -0.4 is 0 Å². The van der Waals surface area contributed by atoms with Crippen molar-refractivity contribution in [1.82, 2.24) is 4.57 Å². The maximum Gasteiger partial charge on any atom is 0.635 e. The van der Waals surface area contributed by atoms with Crippen molar-refractivity contribution in [2.75, 3.05) is 27.9 Å². The van der Waals surface area contributed by atoms with Crippen LogP contribution in [-0.4, -0.2) is 47.3 Å². The molecule has 0 aliphatic heterocycles. The molecule has 0 aromatic rings. The maximum absolute atomic E-state index is 12.7. The molecule has 0 saturated heterocycles. The summed E-state index contributed by atoms with van der Waals surface area (Å²) in [5.41, 5.74) is 0. The van der Waals surface area contributed by atoms with E-state index in [4.69, 9.17) is 13.3 Å². The molecule has 6 heteroatoms. The Morgan fingerprint density at radius 2 is 1.17 bits per heavy atom. The number of hydrogen-bond donors (Lipinski definition) is 0. The fourth-order valence-electron chi connectivity index (χ4n) is 3.70. The van der Waals surface area contributed by atoms with E-state index in [-0.39, 0.29) is 5.91 Å². The van der Waals surface area contributed by atoms with Crippen molar-refractivity contribution >= 4 is 14.9 Å². The molecule has 5 nitrogen and oxygen atoms in total. The van der Waals surface area contributed by atoms with Crippen LogP contribution in [0.1, 0.15) is 110 Å². The van der Waals surface area contributed by atoms with E-state index >= 15 is 0 Å². The Morgan fingerprint density at radius 1 is 0.700 bits per heavy atom. The van der Waals surface area contributed by atoms with Gasteiger partial charge in [0.2, 0.25) is 5.91 Å². The monoisotopic (exact) mass is 443 g/mol. The van der Waals surface area contributed by atoms with Crippen LogP contribution in [0.15, 0.2) is 12.2 Å². The molecule has 0 atom stereocenters. The van der Waals surface area contributed by atoms with E-state index in [1.807, 2.05) is 6.92 Å². The summed E-state index contributed by atoms with van der Waals surface area (Å²) in [6, 6.07) is 0. The van der Waals surface area contributed by atoms with Crippen LogP contribution in [0.4, 0.5) is 0 Å². The van der Waals surface area contributed by atoms with Crippen LogP contribution in [0.3, 0.4) is 0 Å². The van der Waals surface area contributed by atoms with Gasteiger partial charge in [-0.15, -0.1) is 0 Å². The lowest BCUT2D eigenvalue weighted by Gasteiger charge is -2.35. The fourth-order valence-corrected chi connectivity index (χ4v) is 5.78. The summed E-state index contributed by atoms with van der Waals surface area (Å²) in [6.45, 7) is 4.91. The number of hydrogen-bond acceptors (Lipinski definition) is 4. The zero-order chi connectivity index (χ0) is 22.5. The van der Waals surface area contributed by atoms with Gasteiger partial charge in [0.1, 0.15) is 0 Å². The second-order valence-corrected chi connectivity index (χ2v) is 10.8. The second-order valence-electron chi connectivity index (χ2n) is 8.02. The molecule has 0 radical (unpaired) electrons. The van der Waals surface area contributed by atoms with Crippen molar-refractivity contribution < 1.29 is 18.1 Å². The highest BCUT2D eigenvalue weighted by Gasteiger charge is 2.49. The SMILES string of the molecule is CCCCCCCCC=CCCCCCCCC(=O)N(CCC)[Si](OC)(OC)OC. The quantitative estimate of drug-likeness (QED) is 0.113. The third-order valence-electron chi connectivity index (χ3n) is 5.51. The van der Waals surface area contributed by atoms with E-state index in [1.54, 1.807) is 25.9 Å². The van der Waals surface area contributed by atoms with E-state index in [1.165, 1.54) is 70.6 Å². The molecule has 0 aromatic heterocycles. The standard InChI is InChI=1S/C24H49NO4Si/c1-6-8-9-10-11-12-13-14-15-16-17-18-19-20-21-22-24(26)25(23-7-2)30(27-3,28-4)29-5/h14-15H,6-13,16-23H2,1-5H3. The largest absolute Gasteiger partial charge is 0.635 e. The molecule has 0 fully saturated rings. The Bertz CT molecular complexity index is 419. The van der Waals surface area contributed by atoms with Gasteiger partial charge in [-0.05, 0) is 38.5 Å². The third-order valence-corrected chi connectivity index (χ3v) is 8.19. The molecule has 0 aliphatic rings. The number of carbonyl (C=O) groups is 1. The average molecular weight is 444 g/mol. The molecular weight excluding hydrogens is 394 g/mol. The summed E-state index contributed by atoms with van der Waals surface area (Å²) < 4.78 is 18.2. The first-order chi connectivity index (χ1) is 14.6. The van der Waals surface area contributed by atoms with Gasteiger partial charge in [-0.3, -0.25) is 4.79 Å². The molecule has 0 unspecified atom stereocenters. The van der Waals surface area contributed by atoms with Crippen LogP contribution >= 0.6 is 0 Å². The van der Waals surface area contributed by atoms with Crippen LogP contribution in [-0.2, 0) is 18.1 Å². The molecule has 0 N–H and O–H groups in total. The molecule has 1 amide bonds. The van der Waals surface area contributed by atoms with Gasteiger partial charge in [-0.1, -0.05) is 77.4 Å². The predicted molar refractivity (Wildman–Crippen MR) is 128 cm³/mol. The number of nitrogens with zero attached hydrogens (tertiary/aromatic N) is 1. The van der Waals surface area contributed by atoms with E-state index < -0.39 is 8.97 Å². The molecule has 0 saturated carbocycles. The molecule has 178 valence electrons. The second kappa shape index (κ2) is 20.2. The Morgan fingerprint density at radius 3 is 1.63 bits per heavy atom. The van der Waals surface area contributed by atoms with Gasteiger partial charge in [0.05, 0.1) is 0 Å². The highest BCUT2D eigenvalue weighted by Crippen LogP contribution is 2.17. The van der Waals surface area contributed by atoms with Gasteiger partial charge in [0.25, 0.3) is 0 Å². The minimum Gasteiger partial charge on any atom is -0.360 e. The average Bonchev–Trinajstić information content (AvgIpc) is 2.77. The molecule has 0 aliphatic carbocycles. The molecule has 30 heavy (non-hydrogen) atoms. The van der Waals surface area contributed by atoms with Crippen molar-refractivity contribution in [3.05, 3.63) is 12.2 Å². The van der Waals surface area contributed by atoms with Crippen LogP contribution in [0.25, 0.3) is 0 Å². The Hall–Kier alpha value is -0.693. The minimum atomic E-state index is -3.06. The summed E-state index contributed by atoms with van der Waals surface area (Å²) in [7, 11) is 1.59. The summed E-state index contributed by atoms with van der Waals surface area (Å²) in [4.78, 5) is 12.7. The van der Waals surface area contributed by atoms with E-state index in [0.717, 1.165) is 19.3 Å². The highest BCUT2D eigenvalue weighted by atomic mass is 28.4. The first-order valence-corrected chi connectivity index (χ1v) is 13.9. The lowest BCUT2D eigenvalue weighted by atomic mass is 10.1. The third kappa shape index (κ3) is 12.9. The lowest BCUT2D eigenvalue weighted by Crippen LogP contribution is -2.61. The Kier molecular flexibility index (Phi) is 19.8. The van der Waals surface area contributed by atoms with Crippen LogP contribution in [0.2, 0.25) is 0 Å². The number of rotatable bonds is 21. The van der Waals surface area contributed by atoms with E-state index in [9.17, 15) is 4.79 Å². The van der Waals surface area contributed by atoms with Crippen molar-refractivity contribution in [2.24, 2.45) is 0 Å². The van der Waals surface area contributed by atoms with E-state index in [0.29, 0.717) is 13.0 Å². The number of amides is 1. The molecule has 0 heterocycles. The zero-order valence-electron chi connectivity index (χ0n) is 20.5. The van der Waals surface area contributed by atoms with Crippen LogP contribution in [0, 0.1) is 0 Å². The van der Waals surface area contributed by atoms with Gasteiger partial charge in [-0.25, -0.2) is 0 Å². The predicted octanol–water partition coefficient (Wildman–Crippen LogP) is 6.64. The fraction of sp³-hybridized carbons (Fsp3) is 0.875. The molecular formula is C24H49NO4Si. The van der Waals surface area contributed by atoms with Crippen molar-refractivity contribution in [3.63, 3.8) is 0 Å². The smallest absolute Gasteiger partial charge is 0.360 e. The normalized spacial score (nSPS) is 12.0. The topological polar surface area (TPSA) is 48.0 Å². The summed E-state index contributed by atoms with van der Waals surface area (Å²) >= 11 is 0. The molecule has 0 rings (SSSR count).